The molecule has 0 amide bonds. The van der Waals surface area contributed by atoms with Crippen LogP contribution < -0.4 is 0 Å². The normalized spacial score (nSPS) is 1.75. The van der Waals surface area contributed by atoms with Crippen molar-refractivity contribution in [1.82, 2.24) is 0 Å². The molecule has 0 aromatic heterocycles. The van der Waals surface area contributed by atoms with Crippen LogP contribution in [-0.2, 0) is 25.3 Å². The molecular formula is C4H8N2S2-2. The van der Waals surface area contributed by atoms with Gasteiger partial charge in [0.1, 0.15) is 0 Å². The second-order valence-corrected chi connectivity index (χ2v) is 0.548. The molecular weight excluding hydrogens is 140 g/mol. The first kappa shape index (κ1) is 26.1. The lowest BCUT2D eigenvalue weighted by molar-refractivity contribution is 1.57. The average molecular weight is 148 g/mol. The van der Waals surface area contributed by atoms with E-state index in [1.807, 2.05) is 0 Å². The summed E-state index contributed by atoms with van der Waals surface area (Å²) in [6.45, 7) is 0. The highest BCUT2D eigenvalue weighted by Crippen LogP contribution is 1.16. The number of thiocyanates is 2. The fraction of sp³-hybridized carbons (Fsp3) is 0.500. The van der Waals surface area contributed by atoms with Crippen LogP contribution in [0.15, 0.2) is 0 Å². The summed E-state index contributed by atoms with van der Waals surface area (Å²) in [7, 11) is 0. The summed E-state index contributed by atoms with van der Waals surface area (Å²) in [5.74, 6) is 0. The molecule has 0 saturated carbocycles. The van der Waals surface area contributed by atoms with E-state index in [0.717, 1.165) is 0 Å². The number of hydrogen-bond donors (Lipinski definition) is 0. The summed E-state index contributed by atoms with van der Waals surface area (Å²) in [6, 6.07) is 0. The van der Waals surface area contributed by atoms with Crippen LogP contribution in [0.25, 0.3) is 0 Å². The van der Waals surface area contributed by atoms with Crippen molar-refractivity contribution in [2.24, 2.45) is 0 Å². The van der Waals surface area contributed by atoms with Gasteiger partial charge in [0.25, 0.3) is 0 Å². The van der Waals surface area contributed by atoms with Crippen molar-refractivity contribution < 1.29 is 0 Å². The van der Waals surface area contributed by atoms with Crippen LogP contribution in [0.4, 0.5) is 0 Å². The van der Waals surface area contributed by atoms with Crippen molar-refractivity contribution in [1.29, 1.82) is 10.5 Å². The minimum absolute atomic E-state index is 0. The van der Waals surface area contributed by atoms with Crippen LogP contribution in [-0.4, -0.2) is 0 Å². The van der Waals surface area contributed by atoms with Gasteiger partial charge in [-0.3, -0.25) is 0 Å². The molecule has 0 spiro atoms. The summed E-state index contributed by atoms with van der Waals surface area (Å²) < 4.78 is 0. The van der Waals surface area contributed by atoms with Gasteiger partial charge in [-0.05, 0) is 0 Å². The van der Waals surface area contributed by atoms with Crippen molar-refractivity contribution in [3.05, 3.63) is 0 Å². The molecule has 0 atom stereocenters. The van der Waals surface area contributed by atoms with Crippen LogP contribution in [0.3, 0.4) is 0 Å². The molecule has 0 fully saturated rings. The first-order valence-electron chi connectivity index (χ1n) is 0.855. The fourth-order valence-electron chi connectivity index (χ4n) is 0. The monoisotopic (exact) mass is 148 g/mol. The highest BCUT2D eigenvalue weighted by molar-refractivity contribution is 7.64. The number of rotatable bonds is 0. The molecule has 0 aliphatic heterocycles. The molecule has 0 N–H and O–H groups in total. The van der Waals surface area contributed by atoms with Crippen molar-refractivity contribution in [3.63, 3.8) is 0 Å². The van der Waals surface area contributed by atoms with Gasteiger partial charge in [0.05, 0.1) is 0 Å². The lowest BCUT2D eigenvalue weighted by Gasteiger charge is -1.53. The molecule has 2 nitrogen and oxygen atoms in total. The average Bonchev–Trinajstić information content (AvgIpc) is 1.39. The topological polar surface area (TPSA) is 47.6 Å². The second-order valence-electron chi connectivity index (χ2n) is 0.183. The number of nitriles is 2. The predicted molar refractivity (Wildman–Crippen MR) is 39.4 cm³/mol. The maximum Gasteiger partial charge on any atom is -0.0776 e. The molecule has 0 unspecified atom stereocenters. The van der Waals surface area contributed by atoms with Gasteiger partial charge < -0.3 is 25.3 Å². The maximum atomic E-state index is 7.13. The Morgan fingerprint density at radius 1 is 0.875 bits per heavy atom. The van der Waals surface area contributed by atoms with Crippen molar-refractivity contribution in [2.75, 3.05) is 0 Å². The van der Waals surface area contributed by atoms with E-state index in [1.165, 1.54) is 10.8 Å². The Morgan fingerprint density at radius 2 is 0.875 bits per heavy atom. The van der Waals surface area contributed by atoms with Crippen molar-refractivity contribution >= 4 is 25.3 Å². The third kappa shape index (κ3) is 315. The number of hydrogen-bond acceptors (Lipinski definition) is 4. The van der Waals surface area contributed by atoms with E-state index in [2.05, 4.69) is 25.3 Å². The van der Waals surface area contributed by atoms with Gasteiger partial charge in [0, 0.05) is 0 Å². The second kappa shape index (κ2) is 93.5. The fourth-order valence-corrected chi connectivity index (χ4v) is 0. The van der Waals surface area contributed by atoms with Gasteiger partial charge in [0.2, 0.25) is 0 Å². The highest BCUT2D eigenvalue weighted by Gasteiger charge is 0.869. The molecule has 0 rings (SSSR count). The lowest BCUT2D eigenvalue weighted by atomic mass is 11.8. The Balaban J connectivity index is -0.0000000160. The largest absolute Gasteiger partial charge is 0.696 e. The minimum Gasteiger partial charge on any atom is -0.696 e. The first-order chi connectivity index (χ1) is 2.83. The van der Waals surface area contributed by atoms with Crippen LogP contribution in [0, 0.1) is 21.3 Å². The van der Waals surface area contributed by atoms with Gasteiger partial charge in [-0.15, -0.1) is 0 Å². The maximum absolute atomic E-state index is 7.13. The zero-order valence-corrected chi connectivity index (χ0v) is 4.34. The van der Waals surface area contributed by atoms with Crippen LogP contribution in [0.5, 0.6) is 0 Å². The van der Waals surface area contributed by atoms with E-state index in [9.17, 15) is 0 Å². The van der Waals surface area contributed by atoms with E-state index in [1.54, 1.807) is 0 Å². The summed E-state index contributed by atoms with van der Waals surface area (Å²) in [5, 5.41) is 16.9. The molecule has 48 valence electrons. The summed E-state index contributed by atoms with van der Waals surface area (Å²) >= 11 is 7.40. The minimum atomic E-state index is 0. The SMILES string of the molecule is C.C.N#C[S-].N#C[S-]. The van der Waals surface area contributed by atoms with Crippen LogP contribution in [0.2, 0.25) is 0 Å². The molecule has 0 aromatic rings. The van der Waals surface area contributed by atoms with Crippen LogP contribution in [0.1, 0.15) is 14.9 Å². The van der Waals surface area contributed by atoms with E-state index in [-0.39, 0.29) is 14.9 Å². The Hall–Kier alpha value is -0.580. The Morgan fingerprint density at radius 3 is 0.875 bits per heavy atom. The van der Waals surface area contributed by atoms with Gasteiger partial charge in [0.15, 0.2) is 0 Å². The molecule has 0 aliphatic rings. The summed E-state index contributed by atoms with van der Waals surface area (Å²) in [6.07, 6.45) is 0. The van der Waals surface area contributed by atoms with Crippen molar-refractivity contribution in [3.8, 4) is 10.8 Å². The first-order valence-corrected chi connectivity index (χ1v) is 1.67. The van der Waals surface area contributed by atoms with E-state index >= 15 is 0 Å². The highest BCUT2D eigenvalue weighted by atomic mass is 32.1. The molecule has 4 heteroatoms. The Bertz CT molecular complexity index is 67.0. The van der Waals surface area contributed by atoms with Gasteiger partial charge in [-0.25, -0.2) is 10.5 Å². The molecule has 0 bridgehead atoms. The number of nitrogens with zero attached hydrogens (tertiary/aromatic N) is 2. The Labute approximate surface area is 61.9 Å². The quantitative estimate of drug-likeness (QED) is 0.384. The lowest BCUT2D eigenvalue weighted by Crippen LogP contribution is -1.15. The van der Waals surface area contributed by atoms with E-state index in [0.29, 0.717) is 0 Å². The zero-order chi connectivity index (χ0) is 5.41. The van der Waals surface area contributed by atoms with Gasteiger partial charge in [-0.2, -0.15) is 0 Å². The van der Waals surface area contributed by atoms with Gasteiger partial charge in [-0.1, -0.05) is 25.7 Å². The van der Waals surface area contributed by atoms with E-state index < -0.39 is 0 Å². The standard InChI is InChI=1S/2CHNS.2CH4/c2*2-1-3;;/h2*3H;2*1H4/p-2. The van der Waals surface area contributed by atoms with Gasteiger partial charge >= 0.3 is 0 Å². The van der Waals surface area contributed by atoms with E-state index in [4.69, 9.17) is 10.5 Å². The molecule has 8 heavy (non-hydrogen) atoms. The zero-order valence-electron chi connectivity index (χ0n) is 2.71. The van der Waals surface area contributed by atoms with Crippen molar-refractivity contribution in [2.45, 2.75) is 14.9 Å². The predicted octanol–water partition coefficient (Wildman–Crippen LogP) is 1.30. The molecule has 0 aromatic carbocycles. The third-order valence-electron chi connectivity index (χ3n) is 0. The smallest absolute Gasteiger partial charge is 0.0776 e. The third-order valence-corrected chi connectivity index (χ3v) is 0. The Kier molecular flexibility index (Phi) is 306. The molecule has 0 heterocycles. The molecule has 0 radical (unpaired) electrons. The molecule has 0 aliphatic carbocycles. The summed E-state index contributed by atoms with van der Waals surface area (Å²) in [5.41, 5.74) is 0. The molecule has 0 saturated heterocycles. The summed E-state index contributed by atoms with van der Waals surface area (Å²) in [4.78, 5) is 0. The van der Waals surface area contributed by atoms with Crippen LogP contribution >= 0.6 is 0 Å².